The fraction of sp³-hybridized carbons (Fsp3) is 0. The summed E-state index contributed by atoms with van der Waals surface area (Å²) in [5, 5.41) is 6.33. The number of nitrogens with zero attached hydrogens (tertiary/aromatic N) is 1. The largest absolute Gasteiger partial charge is 0.455 e. The van der Waals surface area contributed by atoms with Gasteiger partial charge in [-0.05, 0) is 64.2 Å². The molecule has 0 fully saturated rings. The summed E-state index contributed by atoms with van der Waals surface area (Å²) in [5.41, 5.74) is 11.6. The van der Waals surface area contributed by atoms with E-state index in [4.69, 9.17) is 4.42 Å². The van der Waals surface area contributed by atoms with Gasteiger partial charge in [-0.15, -0.1) is 0 Å². The molecule has 3 aromatic heterocycles. The number of aromatic nitrogens is 1. The summed E-state index contributed by atoms with van der Waals surface area (Å²) in [4.78, 5) is 13.2. The Kier molecular flexibility index (Phi) is 5.15. The van der Waals surface area contributed by atoms with Crippen molar-refractivity contribution in [1.29, 1.82) is 0 Å². The topological polar surface area (TPSA) is 34.6 Å². The van der Waals surface area contributed by atoms with E-state index < -0.39 is 0 Å². The number of hydrogen-bond acceptors (Lipinski definition) is 2. The van der Waals surface area contributed by atoms with Crippen molar-refractivity contribution in [1.82, 2.24) is 4.40 Å². The van der Waals surface area contributed by atoms with Gasteiger partial charge in [-0.2, -0.15) is 0 Å². The second-order valence-electron chi connectivity index (χ2n) is 12.0. The molecule has 3 heteroatoms. The van der Waals surface area contributed by atoms with Gasteiger partial charge in [0, 0.05) is 27.1 Å². The third-order valence-electron chi connectivity index (χ3n) is 9.56. The van der Waals surface area contributed by atoms with E-state index in [9.17, 15) is 4.79 Å². The fourth-order valence-corrected chi connectivity index (χ4v) is 7.46. The molecule has 0 atom stereocenters. The molecule has 3 heterocycles. The molecule has 0 amide bonds. The maximum Gasteiger partial charge on any atom is 0.200 e. The van der Waals surface area contributed by atoms with Crippen molar-refractivity contribution in [3.63, 3.8) is 0 Å². The summed E-state index contributed by atoms with van der Waals surface area (Å²) < 4.78 is 8.72. The van der Waals surface area contributed by atoms with Gasteiger partial charge in [0.2, 0.25) is 5.43 Å². The van der Waals surface area contributed by atoms with Crippen LogP contribution in [-0.4, -0.2) is 4.40 Å². The zero-order chi connectivity index (χ0) is 30.4. The maximum atomic E-state index is 13.2. The molecule has 10 aromatic rings. The first-order valence-corrected chi connectivity index (χ1v) is 15.6. The zero-order valence-corrected chi connectivity index (χ0v) is 24.7. The summed E-state index contributed by atoms with van der Waals surface area (Å²) in [7, 11) is 0. The molecule has 10 rings (SSSR count). The summed E-state index contributed by atoms with van der Waals surface area (Å²) in [6.45, 7) is 0. The first-order chi connectivity index (χ1) is 22.7. The highest BCUT2D eigenvalue weighted by Gasteiger charge is 2.20. The molecule has 0 bridgehead atoms. The smallest absolute Gasteiger partial charge is 0.200 e. The van der Waals surface area contributed by atoms with Crippen LogP contribution in [0.4, 0.5) is 0 Å². The Morgan fingerprint density at radius 2 is 1.09 bits per heavy atom. The minimum absolute atomic E-state index is 0.00311. The van der Waals surface area contributed by atoms with E-state index in [-0.39, 0.29) is 5.43 Å². The van der Waals surface area contributed by atoms with E-state index in [0.717, 1.165) is 22.3 Å². The van der Waals surface area contributed by atoms with E-state index >= 15 is 0 Å². The average Bonchev–Trinajstić information content (AvgIpc) is 3.64. The van der Waals surface area contributed by atoms with Crippen LogP contribution in [0.15, 0.2) is 161 Å². The van der Waals surface area contributed by atoms with Gasteiger partial charge in [0.1, 0.15) is 11.2 Å². The number of hydrogen-bond donors (Lipinski definition) is 0. The zero-order valence-electron chi connectivity index (χ0n) is 24.7. The monoisotopic (exact) mass is 587 g/mol. The van der Waals surface area contributed by atoms with Crippen LogP contribution < -0.4 is 5.43 Å². The van der Waals surface area contributed by atoms with Gasteiger partial charge in [0.05, 0.1) is 27.3 Å². The lowest BCUT2D eigenvalue weighted by molar-refractivity contribution is 0.661. The Morgan fingerprint density at radius 1 is 0.435 bits per heavy atom. The Hall–Kier alpha value is -6.19. The van der Waals surface area contributed by atoms with Crippen molar-refractivity contribution < 1.29 is 4.42 Å². The van der Waals surface area contributed by atoms with E-state index in [0.29, 0.717) is 21.9 Å². The van der Waals surface area contributed by atoms with Crippen molar-refractivity contribution >= 4 is 60.0 Å². The molecule has 0 aliphatic heterocycles. The van der Waals surface area contributed by atoms with E-state index in [2.05, 4.69) is 114 Å². The van der Waals surface area contributed by atoms with Gasteiger partial charge in [-0.1, -0.05) is 115 Å². The molecule has 0 radical (unpaired) electrons. The SMILES string of the molecule is O=c1c2ccccc2oc2c(-c3ccc(-c4cccc(-c5ccc6c7ccccc7n7c8ccccc8c5c67)c4)cc3)cccc12. The van der Waals surface area contributed by atoms with Gasteiger partial charge < -0.3 is 8.82 Å². The van der Waals surface area contributed by atoms with E-state index in [1.165, 1.54) is 49.2 Å². The van der Waals surface area contributed by atoms with Crippen LogP contribution >= 0.6 is 0 Å². The van der Waals surface area contributed by atoms with Crippen molar-refractivity contribution in [2.45, 2.75) is 0 Å². The molecule has 0 N–H and O–H groups in total. The first kappa shape index (κ1) is 25.2. The molecule has 3 nitrogen and oxygen atoms in total. The molecule has 0 saturated carbocycles. The lowest BCUT2D eigenvalue weighted by Gasteiger charge is -2.10. The normalized spacial score (nSPS) is 12.0. The van der Waals surface area contributed by atoms with Crippen molar-refractivity contribution in [3.8, 4) is 33.4 Å². The molecule has 0 unspecified atom stereocenters. The maximum absolute atomic E-state index is 13.2. The average molecular weight is 588 g/mol. The molecular formula is C43H25NO2. The van der Waals surface area contributed by atoms with E-state index in [1.54, 1.807) is 0 Å². The van der Waals surface area contributed by atoms with Crippen molar-refractivity contribution in [3.05, 3.63) is 162 Å². The summed E-state index contributed by atoms with van der Waals surface area (Å²) in [6.07, 6.45) is 0. The van der Waals surface area contributed by atoms with Gasteiger partial charge in [-0.3, -0.25) is 4.79 Å². The fourth-order valence-electron chi connectivity index (χ4n) is 7.46. The molecule has 0 aliphatic rings. The standard InChI is InChI=1S/C43H25NO2/c45-42-35-13-3-6-18-39(35)46-43-31(14-8-15-36(42)43)27-21-19-26(20-22-27)28-9-7-10-29(25-28)30-23-24-33-32-11-1-4-16-37(32)44-38-17-5-2-12-34(38)40(30)41(33)44/h1-25H. The summed E-state index contributed by atoms with van der Waals surface area (Å²) in [6, 6.07) is 52.6. The quantitative estimate of drug-likeness (QED) is 0.193. The molecule has 7 aromatic carbocycles. The Morgan fingerprint density at radius 3 is 1.93 bits per heavy atom. The van der Waals surface area contributed by atoms with Crippen LogP contribution in [0.2, 0.25) is 0 Å². The van der Waals surface area contributed by atoms with Crippen molar-refractivity contribution in [2.75, 3.05) is 0 Å². The molecule has 0 saturated heterocycles. The van der Waals surface area contributed by atoms with Crippen LogP contribution in [0.25, 0.3) is 93.4 Å². The second kappa shape index (κ2) is 9.40. The minimum atomic E-state index is -0.00311. The van der Waals surface area contributed by atoms with Crippen LogP contribution in [0.1, 0.15) is 0 Å². The number of rotatable bonds is 3. The van der Waals surface area contributed by atoms with Gasteiger partial charge in [0.25, 0.3) is 0 Å². The Bertz CT molecular complexity index is 2870. The van der Waals surface area contributed by atoms with Crippen molar-refractivity contribution in [2.24, 2.45) is 0 Å². The lowest BCUT2D eigenvalue weighted by atomic mass is 9.94. The highest BCUT2D eigenvalue weighted by Crippen LogP contribution is 2.44. The lowest BCUT2D eigenvalue weighted by Crippen LogP contribution is -2.02. The highest BCUT2D eigenvalue weighted by molar-refractivity contribution is 6.27. The predicted molar refractivity (Wildman–Crippen MR) is 191 cm³/mol. The summed E-state index contributed by atoms with van der Waals surface area (Å²) in [5.74, 6) is 0. The number of benzene rings is 7. The molecule has 0 spiro atoms. The van der Waals surface area contributed by atoms with Crippen LogP contribution in [0, 0.1) is 0 Å². The van der Waals surface area contributed by atoms with Gasteiger partial charge >= 0.3 is 0 Å². The number of para-hydroxylation sites is 4. The number of fused-ring (bicyclic) bond motifs is 8. The first-order valence-electron chi connectivity index (χ1n) is 15.6. The van der Waals surface area contributed by atoms with Crippen LogP contribution in [0.5, 0.6) is 0 Å². The van der Waals surface area contributed by atoms with Gasteiger partial charge in [-0.25, -0.2) is 0 Å². The predicted octanol–water partition coefficient (Wildman–Crippen LogP) is 11.1. The van der Waals surface area contributed by atoms with Gasteiger partial charge in [0.15, 0.2) is 0 Å². The molecular weight excluding hydrogens is 562 g/mol. The molecule has 214 valence electrons. The van der Waals surface area contributed by atoms with Crippen LogP contribution in [0.3, 0.4) is 0 Å². The van der Waals surface area contributed by atoms with Crippen LogP contribution in [-0.2, 0) is 0 Å². The Balaban J connectivity index is 1.10. The third-order valence-corrected chi connectivity index (χ3v) is 9.56. The molecule has 0 aliphatic carbocycles. The highest BCUT2D eigenvalue weighted by atomic mass is 16.3. The summed E-state index contributed by atoms with van der Waals surface area (Å²) >= 11 is 0. The Labute approximate surface area is 263 Å². The van der Waals surface area contributed by atoms with E-state index in [1.807, 2.05) is 42.5 Å². The minimum Gasteiger partial charge on any atom is -0.455 e. The molecule has 46 heavy (non-hydrogen) atoms. The third kappa shape index (κ3) is 3.45. The second-order valence-corrected chi connectivity index (χ2v) is 12.0.